The number of aryl methyl sites for hydroxylation is 2. The average molecular weight is 308 g/mol. The van der Waals surface area contributed by atoms with Crippen molar-refractivity contribution in [1.82, 2.24) is 4.98 Å². The van der Waals surface area contributed by atoms with Gasteiger partial charge in [0, 0.05) is 11.6 Å². The minimum absolute atomic E-state index is 0.329. The number of nitrogens with two attached hydrogens (primary N) is 1. The van der Waals surface area contributed by atoms with Crippen LogP contribution >= 0.6 is 0 Å². The van der Waals surface area contributed by atoms with Gasteiger partial charge >= 0.3 is 0 Å². The van der Waals surface area contributed by atoms with Gasteiger partial charge in [-0.2, -0.15) is 0 Å². The Balaban J connectivity index is 1.61. The standard InChI is InChI=1S/C19H20N2O2/c20-19(22)15-10-13-5-3-6-16(13)21-17(15)9-12-8-14-4-1-2-7-18(14)23-11-12/h1-2,4,7,10,12H,3,5-6,8-9,11H2,(H2,20,22). The summed E-state index contributed by atoms with van der Waals surface area (Å²) in [7, 11) is 0. The number of nitrogens with zero attached hydrogens (tertiary/aromatic N) is 1. The van der Waals surface area contributed by atoms with Gasteiger partial charge in [-0.25, -0.2) is 0 Å². The van der Waals surface area contributed by atoms with Crippen molar-refractivity contribution in [1.29, 1.82) is 0 Å². The monoisotopic (exact) mass is 308 g/mol. The summed E-state index contributed by atoms with van der Waals surface area (Å²) < 4.78 is 5.86. The lowest BCUT2D eigenvalue weighted by Crippen LogP contribution is -2.25. The van der Waals surface area contributed by atoms with E-state index in [2.05, 4.69) is 6.07 Å². The molecule has 118 valence electrons. The van der Waals surface area contributed by atoms with Gasteiger partial charge in [0.15, 0.2) is 0 Å². The van der Waals surface area contributed by atoms with E-state index in [1.807, 2.05) is 24.3 Å². The number of ether oxygens (including phenoxy) is 1. The maximum absolute atomic E-state index is 11.8. The van der Waals surface area contributed by atoms with Crippen molar-refractivity contribution in [2.24, 2.45) is 11.7 Å². The highest BCUT2D eigenvalue weighted by molar-refractivity contribution is 5.94. The number of rotatable bonds is 3. The van der Waals surface area contributed by atoms with Crippen molar-refractivity contribution in [2.45, 2.75) is 32.1 Å². The lowest BCUT2D eigenvalue weighted by Gasteiger charge is -2.25. The van der Waals surface area contributed by atoms with Gasteiger partial charge in [0.25, 0.3) is 5.91 Å². The normalized spacial score (nSPS) is 18.9. The maximum Gasteiger partial charge on any atom is 0.250 e. The zero-order valence-electron chi connectivity index (χ0n) is 13.0. The first kappa shape index (κ1) is 14.2. The lowest BCUT2D eigenvalue weighted by molar-refractivity contribution is 0.0998. The predicted octanol–water partition coefficient (Wildman–Crippen LogP) is 2.46. The molecule has 0 spiro atoms. The van der Waals surface area contributed by atoms with Crippen molar-refractivity contribution in [3.63, 3.8) is 0 Å². The largest absolute Gasteiger partial charge is 0.493 e. The molecule has 1 unspecified atom stereocenters. The Morgan fingerprint density at radius 2 is 2.13 bits per heavy atom. The number of para-hydroxylation sites is 1. The lowest BCUT2D eigenvalue weighted by atomic mass is 9.91. The molecule has 1 atom stereocenters. The average Bonchev–Trinajstić information content (AvgIpc) is 3.01. The van der Waals surface area contributed by atoms with Crippen LogP contribution in [0.3, 0.4) is 0 Å². The second-order valence-electron chi connectivity index (χ2n) is 6.50. The SMILES string of the molecule is NC(=O)c1cc2c(nc1CC1COc3ccccc3C1)CCC2. The highest BCUT2D eigenvalue weighted by Crippen LogP contribution is 2.30. The van der Waals surface area contributed by atoms with Crippen LogP contribution in [0.2, 0.25) is 0 Å². The van der Waals surface area contributed by atoms with Crippen LogP contribution < -0.4 is 10.5 Å². The highest BCUT2D eigenvalue weighted by atomic mass is 16.5. The number of aromatic nitrogens is 1. The van der Waals surface area contributed by atoms with Crippen molar-refractivity contribution < 1.29 is 9.53 Å². The molecule has 1 amide bonds. The van der Waals surface area contributed by atoms with Crippen LogP contribution in [0.4, 0.5) is 0 Å². The molecule has 1 aliphatic heterocycles. The van der Waals surface area contributed by atoms with E-state index >= 15 is 0 Å². The van der Waals surface area contributed by atoms with Gasteiger partial charge in [0.1, 0.15) is 5.75 Å². The Morgan fingerprint density at radius 1 is 1.26 bits per heavy atom. The van der Waals surface area contributed by atoms with E-state index in [1.165, 1.54) is 11.1 Å². The number of fused-ring (bicyclic) bond motifs is 2. The molecule has 0 saturated carbocycles. The van der Waals surface area contributed by atoms with Crippen LogP contribution in [-0.4, -0.2) is 17.5 Å². The number of hydrogen-bond acceptors (Lipinski definition) is 3. The molecule has 0 saturated heterocycles. The molecule has 1 aliphatic carbocycles. The van der Waals surface area contributed by atoms with Gasteiger partial charge in [-0.15, -0.1) is 0 Å². The number of amides is 1. The van der Waals surface area contributed by atoms with Gasteiger partial charge in [-0.05, 0) is 55.4 Å². The van der Waals surface area contributed by atoms with Crippen LogP contribution in [0.15, 0.2) is 30.3 Å². The molecule has 1 aromatic heterocycles. The molecule has 4 rings (SSSR count). The fraction of sp³-hybridized carbons (Fsp3) is 0.368. The molecule has 23 heavy (non-hydrogen) atoms. The van der Waals surface area contributed by atoms with Gasteiger partial charge < -0.3 is 10.5 Å². The Bertz CT molecular complexity index is 770. The van der Waals surface area contributed by atoms with E-state index in [-0.39, 0.29) is 5.91 Å². The van der Waals surface area contributed by atoms with E-state index in [4.69, 9.17) is 15.5 Å². The molecule has 2 aromatic rings. The Hall–Kier alpha value is -2.36. The van der Waals surface area contributed by atoms with E-state index < -0.39 is 0 Å². The van der Waals surface area contributed by atoms with Crippen molar-refractivity contribution in [3.8, 4) is 5.75 Å². The van der Waals surface area contributed by atoms with Crippen LogP contribution in [0, 0.1) is 5.92 Å². The molecule has 2 heterocycles. The second kappa shape index (κ2) is 5.69. The van der Waals surface area contributed by atoms with Gasteiger partial charge in [-0.1, -0.05) is 18.2 Å². The quantitative estimate of drug-likeness (QED) is 0.947. The maximum atomic E-state index is 11.8. The molecular formula is C19H20N2O2. The van der Waals surface area contributed by atoms with Crippen LogP contribution in [0.1, 0.15) is 39.3 Å². The number of primary amides is 1. The molecule has 0 fully saturated rings. The molecule has 0 radical (unpaired) electrons. The first-order chi connectivity index (χ1) is 11.2. The summed E-state index contributed by atoms with van der Waals surface area (Å²) in [5, 5.41) is 0. The van der Waals surface area contributed by atoms with E-state index in [1.54, 1.807) is 0 Å². The molecule has 0 bridgehead atoms. The summed E-state index contributed by atoms with van der Waals surface area (Å²) in [5.41, 5.74) is 10.6. The summed E-state index contributed by atoms with van der Waals surface area (Å²) >= 11 is 0. The summed E-state index contributed by atoms with van der Waals surface area (Å²) in [4.78, 5) is 16.6. The molecule has 4 heteroatoms. The first-order valence-corrected chi connectivity index (χ1v) is 8.23. The Kier molecular flexibility index (Phi) is 3.52. The van der Waals surface area contributed by atoms with Gasteiger partial charge in [0.2, 0.25) is 0 Å². The van der Waals surface area contributed by atoms with E-state index in [0.29, 0.717) is 18.1 Å². The van der Waals surface area contributed by atoms with Crippen LogP contribution in [0.5, 0.6) is 5.75 Å². The fourth-order valence-electron chi connectivity index (χ4n) is 3.68. The van der Waals surface area contributed by atoms with Crippen LogP contribution in [-0.2, 0) is 25.7 Å². The van der Waals surface area contributed by atoms with Crippen LogP contribution in [0.25, 0.3) is 0 Å². The smallest absolute Gasteiger partial charge is 0.250 e. The molecule has 4 nitrogen and oxygen atoms in total. The number of hydrogen-bond donors (Lipinski definition) is 1. The topological polar surface area (TPSA) is 65.2 Å². The van der Waals surface area contributed by atoms with Gasteiger partial charge in [0.05, 0.1) is 17.9 Å². The zero-order valence-corrected chi connectivity index (χ0v) is 13.0. The summed E-state index contributed by atoms with van der Waals surface area (Å²) in [6.45, 7) is 0.661. The van der Waals surface area contributed by atoms with Crippen molar-refractivity contribution >= 4 is 5.91 Å². The number of benzene rings is 1. The van der Waals surface area contributed by atoms with Crippen molar-refractivity contribution in [3.05, 3.63) is 58.4 Å². The minimum Gasteiger partial charge on any atom is -0.493 e. The zero-order chi connectivity index (χ0) is 15.8. The summed E-state index contributed by atoms with van der Waals surface area (Å²) in [6.07, 6.45) is 4.81. The second-order valence-corrected chi connectivity index (χ2v) is 6.50. The fourth-order valence-corrected chi connectivity index (χ4v) is 3.68. The molecule has 2 aliphatic rings. The summed E-state index contributed by atoms with van der Waals surface area (Å²) in [5.74, 6) is 0.926. The van der Waals surface area contributed by atoms with E-state index in [9.17, 15) is 4.79 Å². The number of carbonyl (C=O) groups excluding carboxylic acids is 1. The third kappa shape index (κ3) is 2.69. The number of carbonyl (C=O) groups is 1. The summed E-state index contributed by atoms with van der Waals surface area (Å²) in [6, 6.07) is 10.1. The van der Waals surface area contributed by atoms with Gasteiger partial charge in [-0.3, -0.25) is 9.78 Å². The highest BCUT2D eigenvalue weighted by Gasteiger charge is 2.24. The third-order valence-electron chi connectivity index (χ3n) is 4.83. The number of pyridine rings is 1. The molecular weight excluding hydrogens is 288 g/mol. The Morgan fingerprint density at radius 3 is 3.00 bits per heavy atom. The first-order valence-electron chi connectivity index (χ1n) is 8.23. The predicted molar refractivity (Wildman–Crippen MR) is 87.6 cm³/mol. The molecule has 1 aromatic carbocycles. The van der Waals surface area contributed by atoms with Crippen molar-refractivity contribution in [2.75, 3.05) is 6.61 Å². The van der Waals surface area contributed by atoms with E-state index in [0.717, 1.165) is 49.2 Å². The Labute approximate surface area is 135 Å². The third-order valence-corrected chi connectivity index (χ3v) is 4.83. The molecule has 2 N–H and O–H groups in total. The minimum atomic E-state index is -0.376.